The first-order valence-electron chi connectivity index (χ1n) is 5.94. The van der Waals surface area contributed by atoms with Crippen molar-refractivity contribution in [3.05, 3.63) is 38.7 Å². The SMILES string of the molecule is CNC(C)c1sc(C)nc1-c1cc(Cl)ccc1C. The summed E-state index contributed by atoms with van der Waals surface area (Å²) in [6.07, 6.45) is 0. The Bertz CT molecular complexity index is 563. The van der Waals surface area contributed by atoms with Crippen molar-refractivity contribution in [3.63, 3.8) is 0 Å². The van der Waals surface area contributed by atoms with Crippen molar-refractivity contribution in [2.75, 3.05) is 7.05 Å². The second-order valence-electron chi connectivity index (χ2n) is 4.42. The number of benzene rings is 1. The van der Waals surface area contributed by atoms with Crippen molar-refractivity contribution < 1.29 is 0 Å². The minimum Gasteiger partial charge on any atom is -0.312 e. The van der Waals surface area contributed by atoms with Gasteiger partial charge < -0.3 is 5.32 Å². The van der Waals surface area contributed by atoms with Gasteiger partial charge >= 0.3 is 0 Å². The lowest BCUT2D eigenvalue weighted by Crippen LogP contribution is -2.11. The molecule has 2 rings (SSSR count). The van der Waals surface area contributed by atoms with Crippen LogP contribution < -0.4 is 5.32 Å². The average Bonchev–Trinajstić information content (AvgIpc) is 2.73. The van der Waals surface area contributed by atoms with Gasteiger partial charge in [0.05, 0.1) is 10.7 Å². The number of hydrogen-bond donors (Lipinski definition) is 1. The third-order valence-corrected chi connectivity index (χ3v) is 4.43. The van der Waals surface area contributed by atoms with Gasteiger partial charge in [0.2, 0.25) is 0 Å². The maximum absolute atomic E-state index is 6.10. The van der Waals surface area contributed by atoms with Gasteiger partial charge in [-0.25, -0.2) is 4.98 Å². The van der Waals surface area contributed by atoms with E-state index in [0.29, 0.717) is 6.04 Å². The summed E-state index contributed by atoms with van der Waals surface area (Å²) in [7, 11) is 1.97. The zero-order valence-electron chi connectivity index (χ0n) is 11.0. The number of halogens is 1. The molecule has 0 bridgehead atoms. The second kappa shape index (κ2) is 5.39. The molecule has 0 aliphatic rings. The van der Waals surface area contributed by atoms with E-state index < -0.39 is 0 Å². The number of nitrogens with zero attached hydrogens (tertiary/aromatic N) is 1. The zero-order valence-corrected chi connectivity index (χ0v) is 12.6. The van der Waals surface area contributed by atoms with Crippen LogP contribution in [0.4, 0.5) is 0 Å². The van der Waals surface area contributed by atoms with Crippen LogP contribution in [0.25, 0.3) is 11.3 Å². The van der Waals surface area contributed by atoms with E-state index in [-0.39, 0.29) is 0 Å². The van der Waals surface area contributed by atoms with Gasteiger partial charge in [-0.3, -0.25) is 0 Å². The monoisotopic (exact) mass is 280 g/mol. The predicted molar refractivity (Wildman–Crippen MR) is 79.5 cm³/mol. The molecule has 18 heavy (non-hydrogen) atoms. The molecule has 1 atom stereocenters. The molecule has 1 heterocycles. The Kier molecular flexibility index (Phi) is 4.05. The number of aromatic nitrogens is 1. The van der Waals surface area contributed by atoms with Crippen LogP contribution in [0.15, 0.2) is 18.2 Å². The molecule has 0 saturated heterocycles. The van der Waals surface area contributed by atoms with Crippen LogP contribution in [-0.4, -0.2) is 12.0 Å². The van der Waals surface area contributed by atoms with Crippen LogP contribution in [0.2, 0.25) is 5.02 Å². The minimum atomic E-state index is 0.296. The molecule has 4 heteroatoms. The Morgan fingerprint density at radius 2 is 2.06 bits per heavy atom. The topological polar surface area (TPSA) is 24.9 Å². The maximum Gasteiger partial charge on any atom is 0.0905 e. The highest BCUT2D eigenvalue weighted by molar-refractivity contribution is 7.12. The summed E-state index contributed by atoms with van der Waals surface area (Å²) in [5.74, 6) is 0. The lowest BCUT2D eigenvalue weighted by molar-refractivity contribution is 0.664. The van der Waals surface area contributed by atoms with Crippen LogP contribution in [0.3, 0.4) is 0 Å². The Balaban J connectivity index is 2.59. The van der Waals surface area contributed by atoms with Crippen molar-refractivity contribution in [1.29, 1.82) is 0 Å². The number of rotatable bonds is 3. The maximum atomic E-state index is 6.10. The molecule has 1 N–H and O–H groups in total. The van der Waals surface area contributed by atoms with Gasteiger partial charge in [-0.05, 0) is 45.5 Å². The van der Waals surface area contributed by atoms with E-state index in [1.807, 2.05) is 32.2 Å². The molecule has 0 fully saturated rings. The molecule has 0 saturated carbocycles. The molecule has 2 aromatic rings. The smallest absolute Gasteiger partial charge is 0.0905 e. The first-order valence-corrected chi connectivity index (χ1v) is 7.13. The normalized spacial score (nSPS) is 12.7. The number of hydrogen-bond acceptors (Lipinski definition) is 3. The summed E-state index contributed by atoms with van der Waals surface area (Å²) in [6, 6.07) is 6.25. The summed E-state index contributed by atoms with van der Waals surface area (Å²) in [5, 5.41) is 5.11. The fraction of sp³-hybridized carbons (Fsp3) is 0.357. The van der Waals surface area contributed by atoms with Gasteiger partial charge in [-0.1, -0.05) is 17.7 Å². The summed E-state index contributed by atoms with van der Waals surface area (Å²) in [5.41, 5.74) is 3.39. The molecule has 96 valence electrons. The average molecular weight is 281 g/mol. The molecule has 0 amide bonds. The van der Waals surface area contributed by atoms with Crippen LogP contribution >= 0.6 is 22.9 Å². The number of aryl methyl sites for hydroxylation is 2. The quantitative estimate of drug-likeness (QED) is 0.903. The van der Waals surface area contributed by atoms with Gasteiger partial charge in [-0.2, -0.15) is 0 Å². The third-order valence-electron chi connectivity index (χ3n) is 3.04. The van der Waals surface area contributed by atoms with E-state index in [1.165, 1.54) is 10.4 Å². The zero-order chi connectivity index (χ0) is 13.3. The number of thiazole rings is 1. The summed E-state index contributed by atoms with van der Waals surface area (Å²) in [6.45, 7) is 6.28. The lowest BCUT2D eigenvalue weighted by atomic mass is 10.0. The summed E-state index contributed by atoms with van der Waals surface area (Å²) >= 11 is 7.84. The first-order chi connectivity index (χ1) is 8.52. The van der Waals surface area contributed by atoms with Crippen LogP contribution in [-0.2, 0) is 0 Å². The lowest BCUT2D eigenvalue weighted by Gasteiger charge is -2.11. The minimum absolute atomic E-state index is 0.296. The van der Waals surface area contributed by atoms with Gasteiger partial charge in [0.15, 0.2) is 0 Å². The van der Waals surface area contributed by atoms with Crippen molar-refractivity contribution in [1.82, 2.24) is 10.3 Å². The summed E-state index contributed by atoms with van der Waals surface area (Å²) < 4.78 is 0. The highest BCUT2D eigenvalue weighted by Gasteiger charge is 2.17. The van der Waals surface area contributed by atoms with E-state index in [2.05, 4.69) is 24.1 Å². The summed E-state index contributed by atoms with van der Waals surface area (Å²) in [4.78, 5) is 5.94. The van der Waals surface area contributed by atoms with E-state index in [0.717, 1.165) is 21.3 Å². The number of nitrogens with one attached hydrogen (secondary N) is 1. The van der Waals surface area contributed by atoms with E-state index in [9.17, 15) is 0 Å². The van der Waals surface area contributed by atoms with Gasteiger partial charge in [0.1, 0.15) is 0 Å². The Morgan fingerprint density at radius 1 is 1.33 bits per heavy atom. The molecular formula is C14H17ClN2S. The predicted octanol–water partition coefficient (Wildman–Crippen LogP) is 4.36. The largest absolute Gasteiger partial charge is 0.312 e. The Labute approximate surface area is 117 Å². The van der Waals surface area contributed by atoms with Crippen LogP contribution in [0.1, 0.15) is 28.4 Å². The standard InChI is InChI=1S/C14H17ClN2S/c1-8-5-6-11(15)7-12(8)13-14(9(2)16-4)18-10(3)17-13/h5-7,9,16H,1-4H3. The van der Waals surface area contributed by atoms with Crippen LogP contribution in [0, 0.1) is 13.8 Å². The molecule has 1 aromatic heterocycles. The highest BCUT2D eigenvalue weighted by Crippen LogP contribution is 2.35. The molecule has 2 nitrogen and oxygen atoms in total. The van der Waals surface area contributed by atoms with Crippen molar-refractivity contribution >= 4 is 22.9 Å². The third kappa shape index (κ3) is 2.58. The van der Waals surface area contributed by atoms with Crippen molar-refractivity contribution in [2.24, 2.45) is 0 Å². The Morgan fingerprint density at radius 3 is 2.72 bits per heavy atom. The van der Waals surface area contributed by atoms with Crippen LogP contribution in [0.5, 0.6) is 0 Å². The van der Waals surface area contributed by atoms with Gasteiger partial charge in [0, 0.05) is 21.5 Å². The van der Waals surface area contributed by atoms with Gasteiger partial charge in [0.25, 0.3) is 0 Å². The van der Waals surface area contributed by atoms with E-state index in [1.54, 1.807) is 11.3 Å². The fourth-order valence-corrected chi connectivity index (χ4v) is 3.08. The molecule has 1 unspecified atom stereocenters. The molecule has 1 aromatic carbocycles. The highest BCUT2D eigenvalue weighted by atomic mass is 35.5. The molecule has 0 spiro atoms. The fourth-order valence-electron chi connectivity index (χ4n) is 1.91. The van der Waals surface area contributed by atoms with Crippen molar-refractivity contribution in [3.8, 4) is 11.3 Å². The molecule has 0 aliphatic heterocycles. The molecule has 0 radical (unpaired) electrons. The van der Waals surface area contributed by atoms with Crippen molar-refractivity contribution in [2.45, 2.75) is 26.8 Å². The van der Waals surface area contributed by atoms with E-state index >= 15 is 0 Å². The molecule has 0 aliphatic carbocycles. The Hall–Kier alpha value is -0.900. The second-order valence-corrected chi connectivity index (χ2v) is 6.09. The van der Waals surface area contributed by atoms with E-state index in [4.69, 9.17) is 11.6 Å². The first kappa shape index (κ1) is 13.5. The van der Waals surface area contributed by atoms with Gasteiger partial charge in [-0.15, -0.1) is 11.3 Å². The molecular weight excluding hydrogens is 264 g/mol.